The fourth-order valence-electron chi connectivity index (χ4n) is 4.03. The Hall–Kier alpha value is -4.03. The predicted molar refractivity (Wildman–Crippen MR) is 156 cm³/mol. The molecular formula is C30H37ClN4O5. The lowest BCUT2D eigenvalue weighted by Gasteiger charge is -2.43. The lowest BCUT2D eigenvalue weighted by atomic mass is 9.94. The van der Waals surface area contributed by atoms with Gasteiger partial charge in [0, 0.05) is 11.1 Å². The summed E-state index contributed by atoms with van der Waals surface area (Å²) in [6, 6.07) is 9.16. The number of terminal acetylenes is 1. The molecule has 4 N–H and O–H groups in total. The minimum Gasteiger partial charge on any atom is -0.444 e. The van der Waals surface area contributed by atoms with Crippen molar-refractivity contribution in [2.24, 2.45) is 5.73 Å². The van der Waals surface area contributed by atoms with Crippen molar-refractivity contribution in [3.8, 4) is 12.3 Å². The summed E-state index contributed by atoms with van der Waals surface area (Å²) in [6.07, 6.45) is 4.09. The van der Waals surface area contributed by atoms with Crippen LogP contribution >= 0.6 is 11.6 Å². The van der Waals surface area contributed by atoms with Crippen molar-refractivity contribution in [3.05, 3.63) is 64.2 Å². The summed E-state index contributed by atoms with van der Waals surface area (Å²) in [4.78, 5) is 54.1. The number of nitrogens with zero attached hydrogens (tertiary/aromatic N) is 1. The highest BCUT2D eigenvalue weighted by Gasteiger charge is 2.42. The normalized spacial score (nSPS) is 12.9. The fraction of sp³-hybridized carbons (Fsp3) is 0.400. The Bertz CT molecular complexity index is 1280. The second-order valence-electron chi connectivity index (χ2n) is 11.3. The molecule has 0 heterocycles. The number of carbonyl (C=O) groups is 4. The molecule has 2 rings (SSSR count). The summed E-state index contributed by atoms with van der Waals surface area (Å²) >= 11 is 6.38. The molecule has 0 fully saturated rings. The van der Waals surface area contributed by atoms with Crippen LogP contribution in [0.1, 0.15) is 70.7 Å². The molecule has 9 nitrogen and oxygen atoms in total. The Morgan fingerprint density at radius 2 is 1.65 bits per heavy atom. The van der Waals surface area contributed by atoms with Crippen LogP contribution in [0.5, 0.6) is 0 Å². The standard InChI is InChI=1S/C30H37ClN4O5/c1-9-19-13-15-20(16-14-19)25(26(37)34-24-18(2)11-10-12-21(24)31)35(29(3,4)5)27(38)22(17-23(32)36)33-28(39)40-30(6,7)8/h1,10-16,22,25H,17H2,2-8H3,(H2,32,36)(H,33,39)(H,34,37). The highest BCUT2D eigenvalue weighted by Crippen LogP contribution is 2.33. The van der Waals surface area contributed by atoms with Gasteiger partial charge in [-0.25, -0.2) is 4.79 Å². The topological polar surface area (TPSA) is 131 Å². The van der Waals surface area contributed by atoms with E-state index in [2.05, 4.69) is 16.6 Å². The summed E-state index contributed by atoms with van der Waals surface area (Å²) in [6.45, 7) is 12.0. The molecule has 0 aliphatic heterocycles. The first-order valence-corrected chi connectivity index (χ1v) is 13.1. The molecule has 214 valence electrons. The van der Waals surface area contributed by atoms with Gasteiger partial charge in [-0.1, -0.05) is 41.8 Å². The minimum atomic E-state index is -1.41. The molecule has 0 aromatic heterocycles. The molecule has 40 heavy (non-hydrogen) atoms. The van der Waals surface area contributed by atoms with E-state index in [1.165, 1.54) is 4.90 Å². The van der Waals surface area contributed by atoms with E-state index in [-0.39, 0.29) is 0 Å². The van der Waals surface area contributed by atoms with E-state index in [1.54, 1.807) is 90.9 Å². The third kappa shape index (κ3) is 8.75. The zero-order chi connectivity index (χ0) is 30.4. The molecule has 4 amide bonds. The highest BCUT2D eigenvalue weighted by molar-refractivity contribution is 6.34. The number of rotatable bonds is 8. The Kier molecular flexibility index (Phi) is 10.4. The third-order valence-corrected chi connectivity index (χ3v) is 6.04. The molecule has 0 radical (unpaired) electrons. The Morgan fingerprint density at radius 1 is 1.05 bits per heavy atom. The number of ether oxygens (including phenoxy) is 1. The number of hydrogen-bond donors (Lipinski definition) is 3. The molecule has 0 aliphatic carbocycles. The van der Waals surface area contributed by atoms with E-state index in [0.717, 1.165) is 0 Å². The molecule has 0 saturated carbocycles. The second-order valence-corrected chi connectivity index (χ2v) is 11.7. The van der Waals surface area contributed by atoms with Crippen molar-refractivity contribution >= 4 is 41.1 Å². The average molecular weight is 569 g/mol. The van der Waals surface area contributed by atoms with E-state index in [9.17, 15) is 19.2 Å². The molecule has 10 heteroatoms. The lowest BCUT2D eigenvalue weighted by molar-refractivity contribution is -0.147. The number of benzene rings is 2. The van der Waals surface area contributed by atoms with Gasteiger partial charge in [0.1, 0.15) is 17.7 Å². The molecule has 0 spiro atoms. The number of aryl methyl sites for hydroxylation is 1. The molecule has 2 aromatic carbocycles. The number of halogens is 1. The van der Waals surface area contributed by atoms with Crippen LogP contribution < -0.4 is 16.4 Å². The number of alkyl carbamates (subject to hydrolysis) is 1. The molecule has 0 saturated heterocycles. The zero-order valence-electron chi connectivity index (χ0n) is 23.9. The zero-order valence-corrected chi connectivity index (χ0v) is 24.7. The van der Waals surface area contributed by atoms with Crippen LogP contribution in [0.3, 0.4) is 0 Å². The summed E-state index contributed by atoms with van der Waals surface area (Å²) < 4.78 is 5.30. The first-order valence-electron chi connectivity index (χ1n) is 12.7. The van der Waals surface area contributed by atoms with E-state index < -0.39 is 53.5 Å². The number of carbonyl (C=O) groups excluding carboxylic acids is 4. The van der Waals surface area contributed by atoms with Gasteiger partial charge >= 0.3 is 6.09 Å². The molecule has 2 unspecified atom stereocenters. The van der Waals surface area contributed by atoms with Crippen LogP contribution in [0.4, 0.5) is 10.5 Å². The first kappa shape index (κ1) is 32.2. The Morgan fingerprint density at radius 3 is 2.12 bits per heavy atom. The summed E-state index contributed by atoms with van der Waals surface area (Å²) in [7, 11) is 0. The maximum absolute atomic E-state index is 14.2. The van der Waals surface area contributed by atoms with Crippen LogP contribution in [0.15, 0.2) is 42.5 Å². The largest absolute Gasteiger partial charge is 0.444 e. The van der Waals surface area contributed by atoms with Crippen LogP contribution in [0.2, 0.25) is 5.02 Å². The van der Waals surface area contributed by atoms with Crippen molar-refractivity contribution in [3.63, 3.8) is 0 Å². The van der Waals surface area contributed by atoms with Gasteiger partial charge in [-0.3, -0.25) is 14.4 Å². The Labute approximate surface area is 240 Å². The number of primary amides is 1. The van der Waals surface area contributed by atoms with E-state index in [1.807, 2.05) is 0 Å². The SMILES string of the molecule is C#Cc1ccc(C(C(=O)Nc2c(C)cccc2Cl)N(C(=O)C(CC(N)=O)NC(=O)OC(C)(C)C)C(C)(C)C)cc1. The third-order valence-electron chi connectivity index (χ3n) is 5.72. The quantitative estimate of drug-likeness (QED) is 0.397. The maximum Gasteiger partial charge on any atom is 0.408 e. The molecule has 0 bridgehead atoms. The Balaban J connectivity index is 2.66. The number of para-hydroxylation sites is 1. The van der Waals surface area contributed by atoms with Gasteiger partial charge in [0.05, 0.1) is 17.1 Å². The van der Waals surface area contributed by atoms with Crippen molar-refractivity contribution in [2.75, 3.05) is 5.32 Å². The van der Waals surface area contributed by atoms with Gasteiger partial charge < -0.3 is 26.0 Å². The van der Waals surface area contributed by atoms with Crippen LogP contribution in [0, 0.1) is 19.3 Å². The predicted octanol–water partition coefficient (Wildman–Crippen LogP) is 4.71. The van der Waals surface area contributed by atoms with E-state index >= 15 is 0 Å². The molecular weight excluding hydrogens is 532 g/mol. The van der Waals surface area contributed by atoms with Gasteiger partial charge in [0.15, 0.2) is 0 Å². The average Bonchev–Trinajstić information content (AvgIpc) is 2.81. The second kappa shape index (κ2) is 12.9. The van der Waals surface area contributed by atoms with Crippen molar-refractivity contribution in [1.29, 1.82) is 0 Å². The van der Waals surface area contributed by atoms with Gasteiger partial charge in [-0.15, -0.1) is 6.42 Å². The number of nitrogens with two attached hydrogens (primary N) is 1. The molecule has 0 aliphatic rings. The number of nitrogens with one attached hydrogen (secondary N) is 2. The first-order chi connectivity index (χ1) is 18.4. The van der Waals surface area contributed by atoms with Crippen LogP contribution in [-0.4, -0.2) is 45.9 Å². The van der Waals surface area contributed by atoms with E-state index in [0.29, 0.717) is 27.4 Å². The van der Waals surface area contributed by atoms with Gasteiger partial charge in [0.25, 0.3) is 5.91 Å². The monoisotopic (exact) mass is 568 g/mol. The fourth-order valence-corrected chi connectivity index (χ4v) is 4.29. The highest BCUT2D eigenvalue weighted by atomic mass is 35.5. The summed E-state index contributed by atoms with van der Waals surface area (Å²) in [5.41, 5.74) is 5.73. The van der Waals surface area contributed by atoms with Crippen molar-refractivity contribution < 1.29 is 23.9 Å². The van der Waals surface area contributed by atoms with E-state index in [4.69, 9.17) is 28.5 Å². The summed E-state index contributed by atoms with van der Waals surface area (Å²) in [5, 5.41) is 5.63. The van der Waals surface area contributed by atoms with Gasteiger partial charge in [-0.2, -0.15) is 0 Å². The van der Waals surface area contributed by atoms with Crippen LogP contribution in [-0.2, 0) is 19.1 Å². The minimum absolute atomic E-state index is 0.321. The van der Waals surface area contributed by atoms with Gasteiger partial charge in [0.2, 0.25) is 11.8 Å². The number of amides is 4. The number of anilines is 1. The van der Waals surface area contributed by atoms with Gasteiger partial charge in [-0.05, 0) is 77.8 Å². The molecule has 2 aromatic rings. The maximum atomic E-state index is 14.2. The summed E-state index contributed by atoms with van der Waals surface area (Å²) in [5.74, 6) is 0.423. The van der Waals surface area contributed by atoms with Crippen LogP contribution in [0.25, 0.3) is 0 Å². The molecule has 2 atom stereocenters. The number of hydrogen-bond acceptors (Lipinski definition) is 5. The van der Waals surface area contributed by atoms with Crippen molar-refractivity contribution in [2.45, 2.75) is 78.1 Å². The lowest BCUT2D eigenvalue weighted by Crippen LogP contribution is -2.58. The van der Waals surface area contributed by atoms with Crippen molar-refractivity contribution in [1.82, 2.24) is 10.2 Å². The smallest absolute Gasteiger partial charge is 0.408 e.